The van der Waals surface area contributed by atoms with Crippen molar-refractivity contribution in [2.45, 2.75) is 80.8 Å². The van der Waals surface area contributed by atoms with Gasteiger partial charge in [-0.25, -0.2) is 15.0 Å². The number of nitrogens with one attached hydrogen (secondary N) is 3. The largest absolute Gasteiger partial charge is 0.384 e. The lowest BCUT2D eigenvalue weighted by molar-refractivity contribution is 0.0931. The van der Waals surface area contributed by atoms with Crippen LogP contribution < -0.4 is 44.6 Å². The van der Waals surface area contributed by atoms with E-state index in [9.17, 15) is 29.2 Å². The number of pyridine rings is 6. The number of hydrogen-bond acceptors (Lipinski definition) is 18. The molecule has 9 heterocycles. The van der Waals surface area contributed by atoms with Gasteiger partial charge in [0, 0.05) is 90.1 Å². The Hall–Kier alpha value is -11.9. The van der Waals surface area contributed by atoms with Gasteiger partial charge in [-0.3, -0.25) is 53.0 Å². The number of primary amides is 2. The van der Waals surface area contributed by atoms with Gasteiger partial charge in [-0.2, -0.15) is 20.6 Å². The number of hydrogen-bond donors (Lipinski definition) is 8. The maximum absolute atomic E-state index is 12.9. The van der Waals surface area contributed by atoms with Crippen molar-refractivity contribution in [3.05, 3.63) is 244 Å². The molecule has 0 spiro atoms. The number of fused-ring (bicyclic) bond motifs is 3. The summed E-state index contributed by atoms with van der Waals surface area (Å²) in [5.74, 6) is -1.58. The predicted octanol–water partition coefficient (Wildman–Crippen LogP) is 9.04. The fraction of sp³-hybridized carbons (Fsp3) is 0.174. The lowest BCUT2D eigenvalue weighted by atomic mass is 10.1. The second kappa shape index (κ2) is 29.8. The molecule has 0 bridgehead atoms. The van der Waals surface area contributed by atoms with Gasteiger partial charge in [0.1, 0.15) is 23.5 Å². The van der Waals surface area contributed by atoms with Crippen molar-refractivity contribution in [1.82, 2.24) is 75.2 Å². The van der Waals surface area contributed by atoms with Gasteiger partial charge >= 0.3 is 0 Å². The fourth-order valence-corrected chi connectivity index (χ4v) is 11.5. The zero-order chi connectivity index (χ0) is 70.2. The third kappa shape index (κ3) is 16.6. The molecule has 5 amide bonds. The van der Waals surface area contributed by atoms with Crippen LogP contribution in [0.4, 0.5) is 17.5 Å². The molecule has 9 aromatic heterocycles. The topological polar surface area (TPSA) is 406 Å². The monoisotopic (exact) mass is 1370 g/mol. The number of rotatable bonds is 17. The first kappa shape index (κ1) is 68.9. The Morgan fingerprint density at radius 1 is 0.449 bits per heavy atom. The molecule has 3 aromatic carbocycles. The summed E-state index contributed by atoms with van der Waals surface area (Å²) in [7, 11) is 0. The Bertz CT molecular complexity index is 4910. The van der Waals surface area contributed by atoms with Gasteiger partial charge in [0.25, 0.3) is 29.5 Å². The van der Waals surface area contributed by atoms with E-state index in [4.69, 9.17) is 63.5 Å². The van der Waals surface area contributed by atoms with Crippen LogP contribution in [-0.4, -0.2) is 88.8 Å². The first-order valence-electron chi connectivity index (χ1n) is 30.1. The molecule has 0 saturated carbocycles. The number of carbonyl (C=O) groups excluding carboxylic acids is 5. The normalized spacial score (nSPS) is 10.9. The molecule has 0 aliphatic carbocycles. The zero-order valence-corrected chi connectivity index (χ0v) is 56.0. The highest BCUT2D eigenvalue weighted by Gasteiger charge is 2.24. The molecular weight excluding hydrogens is 1310 g/mol. The minimum Gasteiger partial charge on any atom is -0.384 e. The number of nitrogens with two attached hydrogens (primary N) is 5. The molecule has 0 radical (unpaired) electrons. The fourth-order valence-electron chi connectivity index (χ4n) is 11.0. The van der Waals surface area contributed by atoms with E-state index in [1.807, 2.05) is 120 Å². The third-order valence-electron chi connectivity index (χ3n) is 15.8. The van der Waals surface area contributed by atoms with Crippen molar-refractivity contribution in [2.75, 3.05) is 17.2 Å². The van der Waals surface area contributed by atoms with E-state index in [-0.39, 0.29) is 59.3 Å². The van der Waals surface area contributed by atoms with Gasteiger partial charge < -0.3 is 44.6 Å². The summed E-state index contributed by atoms with van der Waals surface area (Å²) in [4.78, 5) is 88.0. The van der Waals surface area contributed by atoms with Crippen molar-refractivity contribution in [1.29, 1.82) is 5.26 Å². The molecule has 12 aromatic rings. The Morgan fingerprint density at radius 3 is 1.06 bits per heavy atom. The number of anilines is 3. The molecule has 0 aliphatic rings. The third-order valence-corrected chi connectivity index (χ3v) is 16.4. The standard InChI is InChI=1S/2C23H22ClN7O2.C23H20ClN7O/c2*1-12-5-20(25)29-13(2)17(12)9-28-23(33)18-11-31(30-21(18)22(26)32)10-14-3-4-19-15(6-14)7-16(24)8-27-19;1-13-5-22(26)29-14(2)18(13)10-28-23(32)19-12-31(30-21(19)8-25)11-15-3-4-20-16(6-15)7-17(24)9-27-20/h2*3-8,11H,9-10H2,1-2H3,(H2,25,29)(H2,26,32)(H,28,33);3-7,9,12H,10-11H2,1-2H3,(H2,26,29)(H,28,32). The highest BCUT2D eigenvalue weighted by atomic mass is 35.5. The SMILES string of the molecule is Cc1cc(N)nc(C)c1CNC(=O)c1cn(Cc2ccc3ncc(Cl)cc3c2)nc1C#N.Cc1cc(N)nc(C)c1CNC(=O)c1cn(Cc2ccc3ncc(Cl)cc3c2)nc1C(N)=O.Cc1cc(N)nc(C)c1CNC(=O)c1cn(Cc2ccc3ncc(Cl)cc3c2)nc1C(N)=O. The van der Waals surface area contributed by atoms with Crippen LogP contribution >= 0.6 is 34.8 Å². The number of nitriles is 1. The Balaban J connectivity index is 0.000000159. The molecular formula is C69H64Cl3N21O5. The van der Waals surface area contributed by atoms with Crippen molar-refractivity contribution in [3.63, 3.8) is 0 Å². The maximum Gasteiger partial charge on any atom is 0.270 e. The van der Waals surface area contributed by atoms with Crippen molar-refractivity contribution < 1.29 is 24.0 Å². The van der Waals surface area contributed by atoms with Gasteiger partial charge in [-0.05, 0) is 164 Å². The minimum absolute atomic E-state index is 0.0666. The number of nitrogens with zero attached hydrogens (tertiary/aromatic N) is 13. The lowest BCUT2D eigenvalue weighted by Gasteiger charge is -2.11. The van der Waals surface area contributed by atoms with Crippen LogP contribution in [0.1, 0.15) is 125 Å². The Morgan fingerprint density at radius 2 is 0.755 bits per heavy atom. The van der Waals surface area contributed by atoms with Crippen LogP contribution in [0.5, 0.6) is 0 Å². The van der Waals surface area contributed by atoms with E-state index >= 15 is 0 Å². The van der Waals surface area contributed by atoms with Crippen LogP contribution in [-0.2, 0) is 39.3 Å². The number of carbonyl (C=O) groups is 5. The van der Waals surface area contributed by atoms with E-state index in [2.05, 4.69) is 61.2 Å². The predicted molar refractivity (Wildman–Crippen MR) is 374 cm³/mol. The van der Waals surface area contributed by atoms with Gasteiger partial charge in [0.05, 0.1) is 67.9 Å². The van der Waals surface area contributed by atoms with Gasteiger partial charge in [0.2, 0.25) is 0 Å². The summed E-state index contributed by atoms with van der Waals surface area (Å²) in [6.07, 6.45) is 9.38. The highest BCUT2D eigenvalue weighted by molar-refractivity contribution is 6.31. The number of aromatic nitrogens is 12. The van der Waals surface area contributed by atoms with Crippen LogP contribution in [0.25, 0.3) is 32.7 Å². The van der Waals surface area contributed by atoms with Crippen molar-refractivity contribution in [2.24, 2.45) is 11.5 Å². The van der Waals surface area contributed by atoms with E-state index < -0.39 is 23.6 Å². The molecule has 0 atom stereocenters. The van der Waals surface area contributed by atoms with E-state index in [1.165, 1.54) is 21.8 Å². The molecule has 98 heavy (non-hydrogen) atoms. The first-order valence-corrected chi connectivity index (χ1v) is 31.3. The molecule has 26 nitrogen and oxygen atoms in total. The van der Waals surface area contributed by atoms with Gasteiger partial charge in [-0.15, -0.1) is 0 Å². The lowest BCUT2D eigenvalue weighted by Crippen LogP contribution is -2.26. The van der Waals surface area contributed by atoms with Crippen LogP contribution in [0.3, 0.4) is 0 Å². The minimum atomic E-state index is -0.782. The maximum atomic E-state index is 12.9. The molecule has 0 unspecified atom stereocenters. The highest BCUT2D eigenvalue weighted by Crippen LogP contribution is 2.25. The molecule has 13 N–H and O–H groups in total. The summed E-state index contributed by atoms with van der Waals surface area (Å²) in [6.45, 7) is 13.0. The second-order valence-corrected chi connectivity index (χ2v) is 24.3. The number of amides is 5. The Kier molecular flexibility index (Phi) is 21.0. The number of halogens is 3. The number of benzene rings is 3. The van der Waals surface area contributed by atoms with Gasteiger partial charge in [-0.1, -0.05) is 53.0 Å². The quantitative estimate of drug-likeness (QED) is 0.0421. The van der Waals surface area contributed by atoms with Crippen molar-refractivity contribution in [3.8, 4) is 6.07 Å². The summed E-state index contributed by atoms with van der Waals surface area (Å²) >= 11 is 18.1. The van der Waals surface area contributed by atoms with Crippen molar-refractivity contribution >= 4 is 115 Å². The molecule has 0 saturated heterocycles. The smallest absolute Gasteiger partial charge is 0.270 e. The second-order valence-electron chi connectivity index (χ2n) is 23.0. The molecule has 0 fully saturated rings. The van der Waals surface area contributed by atoms with Crippen LogP contribution in [0.15, 0.2) is 128 Å². The average Bonchev–Trinajstić information content (AvgIpc) is 1.62. The molecule has 12 rings (SSSR count). The van der Waals surface area contributed by atoms with E-state index in [0.717, 1.165) is 99.9 Å². The summed E-state index contributed by atoms with van der Waals surface area (Å²) in [5.41, 5.74) is 41.3. The Labute approximate surface area is 575 Å². The van der Waals surface area contributed by atoms with Crippen LogP contribution in [0, 0.1) is 52.9 Å². The zero-order valence-electron chi connectivity index (χ0n) is 53.7. The number of aryl methyl sites for hydroxylation is 6. The van der Waals surface area contributed by atoms with E-state index in [0.29, 0.717) is 52.2 Å². The van der Waals surface area contributed by atoms with Crippen LogP contribution in [0.2, 0.25) is 15.1 Å². The first-order chi connectivity index (χ1) is 46.7. The van der Waals surface area contributed by atoms with Gasteiger partial charge in [0.15, 0.2) is 17.1 Å². The summed E-state index contributed by atoms with van der Waals surface area (Å²) < 4.78 is 4.60. The summed E-state index contributed by atoms with van der Waals surface area (Å²) in [6, 6.07) is 29.9. The number of nitrogen functional groups attached to an aromatic ring is 3. The van der Waals surface area contributed by atoms with E-state index in [1.54, 1.807) is 47.7 Å². The molecule has 29 heteroatoms. The average molecular weight is 1370 g/mol. The summed E-state index contributed by atoms with van der Waals surface area (Å²) in [5, 5.41) is 35.0. The molecule has 0 aliphatic heterocycles. The molecule has 496 valence electrons.